The van der Waals surface area contributed by atoms with Gasteiger partial charge in [-0.3, -0.25) is 0 Å². The second-order valence-corrected chi connectivity index (χ2v) is 5.84. The van der Waals surface area contributed by atoms with E-state index in [4.69, 9.17) is 14.3 Å². The number of aromatic carboxylic acids is 1. The lowest BCUT2D eigenvalue weighted by Gasteiger charge is -2.05. The van der Waals surface area contributed by atoms with Gasteiger partial charge in [-0.15, -0.1) is 11.3 Å². The monoisotopic (exact) mass is 353 g/mol. The van der Waals surface area contributed by atoms with E-state index in [1.165, 1.54) is 17.6 Å². The van der Waals surface area contributed by atoms with Crippen LogP contribution in [0.3, 0.4) is 0 Å². The fourth-order valence-electron chi connectivity index (χ4n) is 1.81. The zero-order valence-electron chi connectivity index (χ0n) is 10.00. The van der Waals surface area contributed by atoms with Crippen molar-refractivity contribution in [3.63, 3.8) is 0 Å². The van der Waals surface area contributed by atoms with Gasteiger partial charge in [0, 0.05) is 21.4 Å². The van der Waals surface area contributed by atoms with Gasteiger partial charge in [-0.2, -0.15) is 0 Å². The van der Waals surface area contributed by atoms with Gasteiger partial charge in [-0.1, -0.05) is 15.9 Å². The molecule has 1 N–H and O–H groups in total. The molecule has 0 amide bonds. The fourth-order valence-corrected chi connectivity index (χ4v) is 2.77. The maximum absolute atomic E-state index is 11.1. The summed E-state index contributed by atoms with van der Waals surface area (Å²) >= 11 is 4.83. The lowest BCUT2D eigenvalue weighted by atomic mass is 10.2. The number of benzene rings is 1. The van der Waals surface area contributed by atoms with Crippen molar-refractivity contribution in [2.75, 3.05) is 0 Å². The van der Waals surface area contributed by atoms with Crippen LogP contribution in [0.15, 0.2) is 38.9 Å². The highest BCUT2D eigenvalue weighted by molar-refractivity contribution is 9.10. The normalized spacial score (nSPS) is 10.8. The predicted octanol–water partition coefficient (Wildman–Crippen LogP) is 3.93. The first-order valence-electron chi connectivity index (χ1n) is 5.60. The molecule has 3 aromatic rings. The van der Waals surface area contributed by atoms with Gasteiger partial charge in [-0.05, 0) is 12.1 Å². The molecule has 0 saturated heterocycles. The predicted molar refractivity (Wildman–Crippen MR) is 77.3 cm³/mol. The number of carboxylic acid groups (broad SMARTS) is 1. The Morgan fingerprint density at radius 1 is 1.50 bits per heavy atom. The van der Waals surface area contributed by atoms with Gasteiger partial charge in [0.15, 0.2) is 11.3 Å². The highest BCUT2D eigenvalue weighted by Gasteiger charge is 2.17. The molecule has 0 unspecified atom stereocenters. The van der Waals surface area contributed by atoms with Crippen LogP contribution >= 0.6 is 27.3 Å². The second kappa shape index (κ2) is 5.26. The molecule has 1 aromatic carbocycles. The van der Waals surface area contributed by atoms with Crippen molar-refractivity contribution in [2.24, 2.45) is 0 Å². The largest absolute Gasteiger partial charge is 0.482 e. The molecule has 3 rings (SSSR count). The highest BCUT2D eigenvalue weighted by atomic mass is 79.9. The third-order valence-corrected chi connectivity index (χ3v) is 3.88. The summed E-state index contributed by atoms with van der Waals surface area (Å²) in [5.74, 6) is -0.551. The number of thiazole rings is 1. The van der Waals surface area contributed by atoms with Crippen molar-refractivity contribution in [3.05, 3.63) is 45.0 Å². The van der Waals surface area contributed by atoms with Crippen LogP contribution in [-0.4, -0.2) is 16.1 Å². The summed E-state index contributed by atoms with van der Waals surface area (Å²) in [6, 6.07) is 3.43. The molecule has 7 heteroatoms. The topological polar surface area (TPSA) is 72.6 Å². The minimum Gasteiger partial charge on any atom is -0.482 e. The van der Waals surface area contributed by atoms with Crippen LogP contribution in [0.1, 0.15) is 15.4 Å². The first kappa shape index (κ1) is 13.1. The standard InChI is InChI=1S/C13H8BrNO4S/c14-7-3-8-9(13(16)17)5-19-12(8)10(4-7)18-6-11-15-1-2-20-11/h1-5H,6H2,(H,16,17). The third kappa shape index (κ3) is 2.41. The van der Waals surface area contributed by atoms with Crippen LogP contribution in [0.5, 0.6) is 5.75 Å². The second-order valence-electron chi connectivity index (χ2n) is 3.95. The summed E-state index contributed by atoms with van der Waals surface area (Å²) in [5, 5.41) is 12.3. The molecule has 0 fully saturated rings. The minimum absolute atomic E-state index is 0.111. The SMILES string of the molecule is O=C(O)c1coc2c(OCc3nccs3)cc(Br)cc12. The van der Waals surface area contributed by atoms with E-state index in [9.17, 15) is 4.79 Å². The van der Waals surface area contributed by atoms with Gasteiger partial charge in [0.2, 0.25) is 0 Å². The number of fused-ring (bicyclic) bond motifs is 1. The Morgan fingerprint density at radius 3 is 3.05 bits per heavy atom. The minimum atomic E-state index is -1.03. The van der Waals surface area contributed by atoms with E-state index >= 15 is 0 Å². The average Bonchev–Trinajstić information content (AvgIpc) is 3.04. The molecule has 0 aliphatic heterocycles. The van der Waals surface area contributed by atoms with Gasteiger partial charge in [0.25, 0.3) is 0 Å². The van der Waals surface area contributed by atoms with E-state index in [0.29, 0.717) is 23.3 Å². The number of rotatable bonds is 4. The molecular formula is C13H8BrNO4S. The molecule has 5 nitrogen and oxygen atoms in total. The van der Waals surface area contributed by atoms with Crippen LogP contribution in [0.25, 0.3) is 11.0 Å². The van der Waals surface area contributed by atoms with Gasteiger partial charge >= 0.3 is 5.97 Å². The van der Waals surface area contributed by atoms with Gasteiger partial charge in [0.05, 0.1) is 0 Å². The number of hydrogen-bond donors (Lipinski definition) is 1. The van der Waals surface area contributed by atoms with E-state index < -0.39 is 5.97 Å². The van der Waals surface area contributed by atoms with Crippen LogP contribution < -0.4 is 4.74 Å². The molecule has 0 bridgehead atoms. The lowest BCUT2D eigenvalue weighted by molar-refractivity contribution is 0.0698. The van der Waals surface area contributed by atoms with Crippen LogP contribution in [0, 0.1) is 0 Å². The Kier molecular flexibility index (Phi) is 3.45. The Hall–Kier alpha value is -1.86. The number of ether oxygens (including phenoxy) is 1. The third-order valence-electron chi connectivity index (χ3n) is 2.67. The quantitative estimate of drug-likeness (QED) is 0.769. The number of carboxylic acids is 1. The maximum Gasteiger partial charge on any atom is 0.339 e. The van der Waals surface area contributed by atoms with Crippen LogP contribution in [0.4, 0.5) is 0 Å². The van der Waals surface area contributed by atoms with E-state index in [1.54, 1.807) is 18.3 Å². The van der Waals surface area contributed by atoms with Crippen molar-refractivity contribution < 1.29 is 19.1 Å². The molecule has 2 aromatic heterocycles. The first-order chi connectivity index (χ1) is 9.65. The Bertz CT molecular complexity index is 766. The number of carbonyl (C=O) groups is 1. The van der Waals surface area contributed by atoms with E-state index in [-0.39, 0.29) is 5.56 Å². The van der Waals surface area contributed by atoms with E-state index in [2.05, 4.69) is 20.9 Å². The molecule has 0 aliphatic carbocycles. The number of nitrogens with zero attached hydrogens (tertiary/aromatic N) is 1. The summed E-state index contributed by atoms with van der Waals surface area (Å²) < 4.78 is 11.7. The zero-order chi connectivity index (χ0) is 14.1. The average molecular weight is 354 g/mol. The first-order valence-corrected chi connectivity index (χ1v) is 7.27. The van der Waals surface area contributed by atoms with Crippen molar-refractivity contribution in [2.45, 2.75) is 6.61 Å². The summed E-state index contributed by atoms with van der Waals surface area (Å²) in [6.07, 6.45) is 2.92. The maximum atomic E-state index is 11.1. The van der Waals surface area contributed by atoms with Crippen LogP contribution in [0.2, 0.25) is 0 Å². The van der Waals surface area contributed by atoms with Crippen molar-refractivity contribution >= 4 is 44.2 Å². The van der Waals surface area contributed by atoms with Gasteiger partial charge in [0.1, 0.15) is 23.4 Å². The van der Waals surface area contributed by atoms with Gasteiger partial charge in [-0.25, -0.2) is 9.78 Å². The summed E-state index contributed by atoms with van der Waals surface area (Å²) in [5.41, 5.74) is 0.530. The van der Waals surface area contributed by atoms with E-state index in [0.717, 1.165) is 9.48 Å². The molecule has 0 spiro atoms. The highest BCUT2D eigenvalue weighted by Crippen LogP contribution is 2.34. The molecular weight excluding hydrogens is 346 g/mol. The van der Waals surface area contributed by atoms with Crippen molar-refractivity contribution in [1.29, 1.82) is 0 Å². The number of halogens is 1. The molecule has 0 atom stereocenters. The molecule has 0 aliphatic rings. The Labute approximate surface area is 125 Å². The molecule has 0 saturated carbocycles. The summed E-state index contributed by atoms with van der Waals surface area (Å²) in [4.78, 5) is 15.2. The van der Waals surface area contributed by atoms with Crippen molar-refractivity contribution in [3.8, 4) is 5.75 Å². The fraction of sp³-hybridized carbons (Fsp3) is 0.0769. The van der Waals surface area contributed by atoms with Gasteiger partial charge < -0.3 is 14.3 Å². The van der Waals surface area contributed by atoms with E-state index in [1.807, 2.05) is 5.38 Å². The zero-order valence-corrected chi connectivity index (χ0v) is 12.4. The molecule has 0 radical (unpaired) electrons. The molecule has 102 valence electrons. The van der Waals surface area contributed by atoms with Crippen LogP contribution in [-0.2, 0) is 6.61 Å². The lowest BCUT2D eigenvalue weighted by Crippen LogP contribution is -1.96. The number of aromatic nitrogens is 1. The smallest absolute Gasteiger partial charge is 0.339 e. The number of hydrogen-bond acceptors (Lipinski definition) is 5. The van der Waals surface area contributed by atoms with Crippen molar-refractivity contribution in [1.82, 2.24) is 4.98 Å². The Balaban J connectivity index is 1.99. The summed E-state index contributed by atoms with van der Waals surface area (Å²) in [7, 11) is 0. The molecule has 20 heavy (non-hydrogen) atoms. The molecule has 2 heterocycles. The number of furan rings is 1. The Morgan fingerprint density at radius 2 is 2.35 bits per heavy atom. The summed E-state index contributed by atoms with van der Waals surface area (Å²) in [6.45, 7) is 0.312.